The van der Waals surface area contributed by atoms with E-state index < -0.39 is 29.1 Å². The van der Waals surface area contributed by atoms with Crippen molar-refractivity contribution in [2.24, 2.45) is 23.7 Å². The average molecular weight is 630 g/mol. The number of anilines is 1. The third kappa shape index (κ3) is 4.40. The molecule has 2 aliphatic heterocycles. The quantitative estimate of drug-likeness (QED) is 0.264. The third-order valence-electron chi connectivity index (χ3n) is 11.6. The summed E-state index contributed by atoms with van der Waals surface area (Å²) in [6, 6.07) is 23.8. The van der Waals surface area contributed by atoms with Crippen LogP contribution in [0.15, 0.2) is 90.5 Å². The van der Waals surface area contributed by atoms with Gasteiger partial charge in [0.05, 0.1) is 28.9 Å². The number of aryl methyl sites for hydroxylation is 1. The van der Waals surface area contributed by atoms with Gasteiger partial charge in [0.1, 0.15) is 5.75 Å². The highest BCUT2D eigenvalue weighted by molar-refractivity contribution is 6.13. The minimum Gasteiger partial charge on any atom is -0.508 e. The summed E-state index contributed by atoms with van der Waals surface area (Å²) in [6.07, 6.45) is 7.60. The number of rotatable bonds is 5. The molecule has 2 N–H and O–H groups in total. The Kier molecular flexibility index (Phi) is 7.08. The second-order valence-corrected chi connectivity index (χ2v) is 14.0. The van der Waals surface area contributed by atoms with Crippen LogP contribution in [0.4, 0.5) is 5.69 Å². The first kappa shape index (κ1) is 29.7. The fourth-order valence-electron chi connectivity index (χ4n) is 9.51. The lowest BCUT2D eigenvalue weighted by atomic mass is 9.49. The number of likely N-dealkylation sites (tertiary alicyclic amines) is 1. The molecule has 3 aromatic rings. The number of carbonyl (C=O) groups is 4. The Hall–Kier alpha value is -4.72. The topological polar surface area (TPSA) is 107 Å². The molecular weight excluding hydrogens is 590 g/mol. The maximum atomic E-state index is 15.1. The molecule has 3 aliphatic carbocycles. The van der Waals surface area contributed by atoms with Crippen LogP contribution in [-0.4, -0.2) is 44.7 Å². The summed E-state index contributed by atoms with van der Waals surface area (Å²) in [5, 5.41) is 11.5. The molecule has 0 aromatic heterocycles. The molecule has 2 saturated carbocycles. The lowest BCUT2D eigenvalue weighted by Crippen LogP contribution is -2.53. The number of nitrogens with zero attached hydrogens (tertiary/aromatic N) is 2. The molecule has 47 heavy (non-hydrogen) atoms. The summed E-state index contributed by atoms with van der Waals surface area (Å²) in [4.78, 5) is 59.7. The Bertz CT molecular complexity index is 1780. The first-order valence-electron chi connectivity index (χ1n) is 16.9. The Labute approximate surface area is 274 Å². The van der Waals surface area contributed by atoms with Crippen LogP contribution in [0.2, 0.25) is 0 Å². The number of hydrazine groups is 1. The molecule has 0 spiro atoms. The number of carbonyl (C=O) groups excluding carboxylic acids is 4. The van der Waals surface area contributed by atoms with E-state index in [1.807, 2.05) is 73.7 Å². The maximum absolute atomic E-state index is 15.1. The molecule has 240 valence electrons. The molecule has 8 nitrogen and oxygen atoms in total. The Morgan fingerprint density at radius 3 is 2.19 bits per heavy atom. The van der Waals surface area contributed by atoms with Crippen molar-refractivity contribution in [3.05, 3.63) is 107 Å². The van der Waals surface area contributed by atoms with Gasteiger partial charge in [-0.25, -0.2) is 0 Å². The van der Waals surface area contributed by atoms with E-state index in [9.17, 15) is 19.5 Å². The molecular formula is C39H39N3O5. The number of hydrogen-bond donors (Lipinski definition) is 2. The van der Waals surface area contributed by atoms with Gasteiger partial charge >= 0.3 is 0 Å². The third-order valence-corrected chi connectivity index (χ3v) is 11.6. The van der Waals surface area contributed by atoms with Crippen LogP contribution < -0.4 is 5.43 Å². The van der Waals surface area contributed by atoms with Crippen LogP contribution in [0.5, 0.6) is 5.75 Å². The summed E-state index contributed by atoms with van der Waals surface area (Å²) in [7, 11) is 0. The van der Waals surface area contributed by atoms with E-state index in [-0.39, 0.29) is 47.8 Å². The van der Waals surface area contributed by atoms with E-state index >= 15 is 4.79 Å². The summed E-state index contributed by atoms with van der Waals surface area (Å²) in [6.45, 7) is 1.98. The minimum absolute atomic E-state index is 0.0680. The van der Waals surface area contributed by atoms with Gasteiger partial charge in [0.15, 0.2) is 0 Å². The van der Waals surface area contributed by atoms with Gasteiger partial charge in [-0.3, -0.25) is 29.5 Å². The predicted octanol–water partition coefficient (Wildman–Crippen LogP) is 6.02. The van der Waals surface area contributed by atoms with Gasteiger partial charge in [0, 0.05) is 12.0 Å². The Balaban J connectivity index is 1.29. The van der Waals surface area contributed by atoms with E-state index in [4.69, 9.17) is 0 Å². The molecule has 6 atom stereocenters. The normalized spacial score (nSPS) is 30.6. The Morgan fingerprint density at radius 1 is 0.787 bits per heavy atom. The molecule has 8 rings (SSSR count). The first-order chi connectivity index (χ1) is 22.8. The molecule has 4 fully saturated rings. The van der Waals surface area contributed by atoms with Crippen molar-refractivity contribution in [1.29, 1.82) is 0 Å². The average Bonchev–Trinajstić information content (AvgIpc) is 3.48. The van der Waals surface area contributed by atoms with Crippen molar-refractivity contribution in [1.82, 2.24) is 9.91 Å². The van der Waals surface area contributed by atoms with Gasteiger partial charge in [-0.15, -0.1) is 0 Å². The smallest absolute Gasteiger partial charge is 0.260 e. The van der Waals surface area contributed by atoms with Crippen LogP contribution in [0.1, 0.15) is 67.6 Å². The molecule has 8 heteroatoms. The maximum Gasteiger partial charge on any atom is 0.260 e. The molecule has 2 saturated heterocycles. The zero-order valence-corrected chi connectivity index (χ0v) is 26.5. The zero-order chi connectivity index (χ0) is 32.4. The summed E-state index contributed by atoms with van der Waals surface area (Å²) >= 11 is 0. The molecule has 0 bridgehead atoms. The number of allylic oxidation sites excluding steroid dienone is 2. The highest BCUT2D eigenvalue weighted by atomic mass is 16.3. The number of benzene rings is 3. The lowest BCUT2D eigenvalue weighted by Gasteiger charge is -2.50. The van der Waals surface area contributed by atoms with Crippen molar-refractivity contribution in [2.75, 3.05) is 5.43 Å². The van der Waals surface area contributed by atoms with Gasteiger partial charge in [-0.2, -0.15) is 5.01 Å². The molecule has 0 radical (unpaired) electrons. The second-order valence-electron chi connectivity index (χ2n) is 14.0. The predicted molar refractivity (Wildman–Crippen MR) is 176 cm³/mol. The van der Waals surface area contributed by atoms with Crippen molar-refractivity contribution < 1.29 is 24.3 Å². The molecule has 3 aromatic carbocycles. The monoisotopic (exact) mass is 629 g/mol. The lowest BCUT2D eigenvalue weighted by molar-refractivity contribution is -0.144. The second kappa shape index (κ2) is 11.2. The standard InChI is InChI=1S/C39H39N3O5/c1-23-12-16-26(17-13-23)40-42-36(45)32-22-31-29(20-21-30-33(31)37(46)41(35(30)44)27-10-6-3-7-11-27)34(24-14-18-28(43)19-15-24)39(32,38(42)47)25-8-4-2-5-9-25/h2,4-5,8-9,12-20,27,30-34,40,43H,3,6-7,10-11,21-22H2,1H3/t30-,31+,32-,33-,34-,39+/m0/s1. The van der Waals surface area contributed by atoms with Gasteiger partial charge in [0.25, 0.3) is 11.8 Å². The van der Waals surface area contributed by atoms with Crippen molar-refractivity contribution in [3.63, 3.8) is 0 Å². The number of aromatic hydroxyl groups is 1. The van der Waals surface area contributed by atoms with Crippen molar-refractivity contribution in [3.8, 4) is 5.75 Å². The number of amides is 4. The van der Waals surface area contributed by atoms with Crippen LogP contribution >= 0.6 is 0 Å². The highest BCUT2D eigenvalue weighted by Gasteiger charge is 2.70. The molecule has 5 aliphatic rings. The summed E-state index contributed by atoms with van der Waals surface area (Å²) in [5.41, 5.74) is 5.95. The number of hydrogen-bond acceptors (Lipinski definition) is 6. The summed E-state index contributed by atoms with van der Waals surface area (Å²) in [5.74, 6) is -3.59. The van der Waals surface area contributed by atoms with Crippen LogP contribution in [-0.2, 0) is 24.6 Å². The number of nitrogens with one attached hydrogen (secondary N) is 1. The number of phenolic OH excluding ortho intramolecular Hbond substituents is 1. The fourth-order valence-corrected chi connectivity index (χ4v) is 9.51. The minimum atomic E-state index is -1.31. The van der Waals surface area contributed by atoms with E-state index in [1.165, 1.54) is 5.01 Å². The van der Waals surface area contributed by atoms with Gasteiger partial charge in [0.2, 0.25) is 11.8 Å². The Morgan fingerprint density at radius 2 is 1.49 bits per heavy atom. The molecule has 2 heterocycles. The highest BCUT2D eigenvalue weighted by Crippen LogP contribution is 2.64. The number of imide groups is 2. The van der Waals surface area contributed by atoms with Crippen molar-refractivity contribution >= 4 is 29.3 Å². The van der Waals surface area contributed by atoms with Crippen LogP contribution in [0.25, 0.3) is 0 Å². The molecule has 0 unspecified atom stereocenters. The van der Waals surface area contributed by atoms with Gasteiger partial charge in [-0.1, -0.05) is 91.1 Å². The largest absolute Gasteiger partial charge is 0.508 e. The SMILES string of the molecule is Cc1ccc(NN2C(=O)[C@@H]3C[C@@H]4C(=CC[C@@H]5C(=O)N(C6CCCCC6)C(=O)[C@@H]54)[C@H](c4ccc(O)cc4)[C@]3(c3ccccc3)C2=O)cc1. The first-order valence-corrected chi connectivity index (χ1v) is 16.9. The van der Waals surface area contributed by atoms with E-state index in [1.54, 1.807) is 17.0 Å². The summed E-state index contributed by atoms with van der Waals surface area (Å²) < 4.78 is 0. The van der Waals surface area contributed by atoms with E-state index in [0.29, 0.717) is 12.1 Å². The van der Waals surface area contributed by atoms with E-state index in [0.717, 1.165) is 54.4 Å². The zero-order valence-electron chi connectivity index (χ0n) is 26.5. The fraction of sp³-hybridized carbons (Fsp3) is 0.385. The van der Waals surface area contributed by atoms with E-state index in [2.05, 4.69) is 11.5 Å². The number of fused-ring (bicyclic) bond motifs is 4. The van der Waals surface area contributed by atoms with Crippen LogP contribution in [0.3, 0.4) is 0 Å². The molecule has 4 amide bonds. The number of phenols is 1. The van der Waals surface area contributed by atoms with Crippen molar-refractivity contribution in [2.45, 2.75) is 69.2 Å². The van der Waals surface area contributed by atoms with Gasteiger partial charge in [-0.05, 0) is 73.9 Å². The van der Waals surface area contributed by atoms with Crippen LogP contribution in [0, 0.1) is 30.6 Å². The van der Waals surface area contributed by atoms with Gasteiger partial charge < -0.3 is 5.11 Å².